The number of hydrogen-bond donors (Lipinski definition) is 5. The lowest BCUT2D eigenvalue weighted by molar-refractivity contribution is 0.0697. The SMILES string of the molecule is NS(=O)(=O)CCCNC(=O)Nc1ccc(O)cc1C(=O)O. The Hall–Kier alpha value is -2.33. The van der Waals surface area contributed by atoms with Gasteiger partial charge in [0.25, 0.3) is 0 Å². The highest BCUT2D eigenvalue weighted by atomic mass is 32.2. The van der Waals surface area contributed by atoms with E-state index in [2.05, 4.69) is 10.6 Å². The molecule has 0 aliphatic heterocycles. The molecule has 0 radical (unpaired) electrons. The lowest BCUT2D eigenvalue weighted by atomic mass is 10.1. The van der Waals surface area contributed by atoms with E-state index in [0.717, 1.165) is 6.07 Å². The van der Waals surface area contributed by atoms with Crippen molar-refractivity contribution in [2.75, 3.05) is 17.6 Å². The molecule has 0 aliphatic rings. The molecular weight excluding hydrogens is 302 g/mol. The number of nitrogens with two attached hydrogens (primary N) is 1. The molecule has 0 unspecified atom stereocenters. The highest BCUT2D eigenvalue weighted by Crippen LogP contribution is 2.21. The van der Waals surface area contributed by atoms with Crippen molar-refractivity contribution in [3.8, 4) is 5.75 Å². The number of phenolic OH excluding ortho intramolecular Hbond substituents is 1. The molecule has 21 heavy (non-hydrogen) atoms. The standard InChI is InChI=1S/C11H15N3O6S/c12-21(19,20)5-1-4-13-11(18)14-9-3-2-7(15)6-8(9)10(16)17/h2-3,6,15H,1,4-5H2,(H,16,17)(H2,12,19,20)(H2,13,14,18). The van der Waals surface area contributed by atoms with Crippen molar-refractivity contribution in [2.45, 2.75) is 6.42 Å². The summed E-state index contributed by atoms with van der Waals surface area (Å²) in [5.74, 6) is -1.82. The third-order valence-corrected chi connectivity index (χ3v) is 3.23. The number of carbonyl (C=O) groups is 2. The maximum atomic E-state index is 11.5. The summed E-state index contributed by atoms with van der Waals surface area (Å²) < 4.78 is 21.4. The van der Waals surface area contributed by atoms with Gasteiger partial charge in [-0.1, -0.05) is 0 Å². The van der Waals surface area contributed by atoms with Crippen molar-refractivity contribution in [1.82, 2.24) is 5.32 Å². The fraction of sp³-hybridized carbons (Fsp3) is 0.273. The fourth-order valence-electron chi connectivity index (χ4n) is 1.46. The van der Waals surface area contributed by atoms with Crippen LogP contribution in [0.4, 0.5) is 10.5 Å². The zero-order valence-corrected chi connectivity index (χ0v) is 11.7. The number of carboxylic acids is 1. The highest BCUT2D eigenvalue weighted by molar-refractivity contribution is 7.89. The molecule has 0 saturated carbocycles. The Morgan fingerprint density at radius 1 is 1.29 bits per heavy atom. The molecular formula is C11H15N3O6S. The van der Waals surface area contributed by atoms with Gasteiger partial charge in [0.1, 0.15) is 5.75 Å². The summed E-state index contributed by atoms with van der Waals surface area (Å²) in [6.45, 7) is 0.0583. The summed E-state index contributed by atoms with van der Waals surface area (Å²) in [4.78, 5) is 22.5. The van der Waals surface area contributed by atoms with E-state index in [1.54, 1.807) is 0 Å². The molecule has 1 aromatic rings. The number of carboxylic acid groups (broad SMARTS) is 1. The van der Waals surface area contributed by atoms with Gasteiger partial charge in [-0.05, 0) is 24.6 Å². The zero-order valence-electron chi connectivity index (χ0n) is 10.9. The van der Waals surface area contributed by atoms with Crippen LogP contribution in [0, 0.1) is 0 Å². The third-order valence-electron chi connectivity index (χ3n) is 2.37. The number of aromatic carboxylic acids is 1. The molecule has 0 spiro atoms. The topological polar surface area (TPSA) is 159 Å². The molecule has 9 nitrogen and oxygen atoms in total. The van der Waals surface area contributed by atoms with Gasteiger partial charge < -0.3 is 20.8 Å². The molecule has 1 rings (SSSR count). The number of amides is 2. The van der Waals surface area contributed by atoms with Crippen molar-refractivity contribution >= 4 is 27.7 Å². The van der Waals surface area contributed by atoms with E-state index in [1.807, 2.05) is 0 Å². The minimum atomic E-state index is -3.58. The van der Waals surface area contributed by atoms with Crippen LogP contribution in [0.2, 0.25) is 0 Å². The van der Waals surface area contributed by atoms with Crippen LogP contribution in [-0.4, -0.2) is 42.9 Å². The Morgan fingerprint density at radius 3 is 2.52 bits per heavy atom. The van der Waals surface area contributed by atoms with Crippen molar-refractivity contribution < 1.29 is 28.2 Å². The zero-order chi connectivity index (χ0) is 16.0. The molecule has 0 atom stereocenters. The Bertz CT molecular complexity index is 643. The molecule has 116 valence electrons. The molecule has 0 aromatic heterocycles. The number of anilines is 1. The van der Waals surface area contributed by atoms with Crippen LogP contribution >= 0.6 is 0 Å². The Kier molecular flexibility index (Phi) is 5.50. The van der Waals surface area contributed by atoms with Gasteiger partial charge in [0.05, 0.1) is 17.0 Å². The Morgan fingerprint density at radius 2 is 1.95 bits per heavy atom. The van der Waals surface area contributed by atoms with E-state index < -0.39 is 22.0 Å². The van der Waals surface area contributed by atoms with Crippen LogP contribution in [0.15, 0.2) is 18.2 Å². The molecule has 0 fully saturated rings. The van der Waals surface area contributed by atoms with Gasteiger partial charge in [-0.25, -0.2) is 23.1 Å². The van der Waals surface area contributed by atoms with Crippen molar-refractivity contribution in [3.05, 3.63) is 23.8 Å². The number of urea groups is 1. The average molecular weight is 317 g/mol. The first kappa shape index (κ1) is 16.7. The smallest absolute Gasteiger partial charge is 0.337 e. The number of aromatic hydroxyl groups is 1. The second-order valence-corrected chi connectivity index (χ2v) is 5.87. The third kappa shape index (κ3) is 6.10. The van der Waals surface area contributed by atoms with Crippen LogP contribution in [0.3, 0.4) is 0 Å². The van der Waals surface area contributed by atoms with Gasteiger partial charge >= 0.3 is 12.0 Å². The number of rotatable bonds is 6. The van der Waals surface area contributed by atoms with Gasteiger partial charge in [-0.15, -0.1) is 0 Å². The predicted molar refractivity (Wildman–Crippen MR) is 74.7 cm³/mol. The first-order valence-corrected chi connectivity index (χ1v) is 7.52. The Balaban J connectivity index is 2.57. The number of hydrogen-bond acceptors (Lipinski definition) is 5. The van der Waals surface area contributed by atoms with E-state index in [1.165, 1.54) is 12.1 Å². The van der Waals surface area contributed by atoms with Crippen LogP contribution in [0.25, 0.3) is 0 Å². The minimum absolute atomic E-state index is 0.00393. The molecule has 0 saturated heterocycles. The molecule has 0 aliphatic carbocycles. The molecule has 0 heterocycles. The Labute approximate surface area is 120 Å². The normalized spacial score (nSPS) is 10.9. The first-order chi connectivity index (χ1) is 9.69. The van der Waals surface area contributed by atoms with E-state index in [4.69, 9.17) is 10.2 Å². The van der Waals surface area contributed by atoms with Crippen LogP contribution < -0.4 is 15.8 Å². The van der Waals surface area contributed by atoms with Crippen molar-refractivity contribution in [3.63, 3.8) is 0 Å². The van der Waals surface area contributed by atoms with Crippen molar-refractivity contribution in [1.29, 1.82) is 0 Å². The average Bonchev–Trinajstić information content (AvgIpc) is 2.35. The van der Waals surface area contributed by atoms with Gasteiger partial charge in [-0.3, -0.25) is 0 Å². The summed E-state index contributed by atoms with van der Waals surface area (Å²) in [5, 5.41) is 27.6. The van der Waals surface area contributed by atoms with Gasteiger partial charge in [0.2, 0.25) is 10.0 Å². The van der Waals surface area contributed by atoms with Crippen LogP contribution in [0.5, 0.6) is 5.75 Å². The number of primary sulfonamides is 1. The number of sulfonamides is 1. The number of nitrogens with one attached hydrogen (secondary N) is 2. The van der Waals surface area contributed by atoms with Crippen LogP contribution in [0.1, 0.15) is 16.8 Å². The largest absolute Gasteiger partial charge is 0.508 e. The number of carbonyl (C=O) groups excluding carboxylic acids is 1. The molecule has 10 heteroatoms. The number of benzene rings is 1. The summed E-state index contributed by atoms with van der Waals surface area (Å²) in [6.07, 6.45) is 0.133. The lowest BCUT2D eigenvalue weighted by Crippen LogP contribution is -2.31. The minimum Gasteiger partial charge on any atom is -0.508 e. The monoisotopic (exact) mass is 317 g/mol. The highest BCUT2D eigenvalue weighted by Gasteiger charge is 2.13. The summed E-state index contributed by atoms with van der Waals surface area (Å²) >= 11 is 0. The van der Waals surface area contributed by atoms with Gasteiger partial charge in [-0.2, -0.15) is 0 Å². The number of phenols is 1. The van der Waals surface area contributed by atoms with E-state index in [9.17, 15) is 23.1 Å². The molecule has 1 aromatic carbocycles. The summed E-state index contributed by atoms with van der Waals surface area (Å²) in [5.41, 5.74) is -0.265. The maximum absolute atomic E-state index is 11.5. The van der Waals surface area contributed by atoms with Gasteiger partial charge in [0, 0.05) is 6.54 Å². The maximum Gasteiger partial charge on any atom is 0.337 e. The molecule has 6 N–H and O–H groups in total. The van der Waals surface area contributed by atoms with Crippen molar-refractivity contribution in [2.24, 2.45) is 5.14 Å². The molecule has 2 amide bonds. The second-order valence-electron chi connectivity index (χ2n) is 4.14. The van der Waals surface area contributed by atoms with Gasteiger partial charge in [0.15, 0.2) is 0 Å². The summed E-state index contributed by atoms with van der Waals surface area (Å²) in [7, 11) is -3.58. The van der Waals surface area contributed by atoms with E-state index in [0.29, 0.717) is 0 Å². The van der Waals surface area contributed by atoms with Crippen LogP contribution in [-0.2, 0) is 10.0 Å². The van der Waals surface area contributed by atoms with E-state index >= 15 is 0 Å². The second kappa shape index (κ2) is 6.90. The fourth-order valence-corrected chi connectivity index (χ4v) is 2.01. The molecule has 0 bridgehead atoms. The predicted octanol–water partition coefficient (Wildman–Crippen LogP) is -0.109. The quantitative estimate of drug-likeness (QED) is 0.363. The summed E-state index contributed by atoms with van der Waals surface area (Å²) in [6, 6.07) is 2.77. The van der Waals surface area contributed by atoms with E-state index in [-0.39, 0.29) is 35.7 Å². The first-order valence-electron chi connectivity index (χ1n) is 5.80. The lowest BCUT2D eigenvalue weighted by Gasteiger charge is -2.10.